The molecule has 1 fully saturated rings. The Morgan fingerprint density at radius 2 is 2.38 bits per heavy atom. The SMILES string of the molecule is COC(=O)N1[C@H]2C=CC(=O)[C@@H]1C[C@@]2(C)C=O. The van der Waals surface area contributed by atoms with Crippen molar-refractivity contribution in [3.8, 4) is 0 Å². The highest BCUT2D eigenvalue weighted by atomic mass is 16.5. The van der Waals surface area contributed by atoms with Crippen LogP contribution in [0.3, 0.4) is 0 Å². The summed E-state index contributed by atoms with van der Waals surface area (Å²) in [4.78, 5) is 35.7. The Bertz CT molecular complexity index is 389. The molecule has 2 aliphatic rings. The third-order valence-corrected chi connectivity index (χ3v) is 3.37. The number of ether oxygens (including phenoxy) is 1. The summed E-state index contributed by atoms with van der Waals surface area (Å²) in [6.45, 7) is 1.75. The lowest BCUT2D eigenvalue weighted by molar-refractivity contribution is -0.119. The van der Waals surface area contributed by atoms with Gasteiger partial charge in [0.25, 0.3) is 0 Å². The van der Waals surface area contributed by atoms with Gasteiger partial charge in [0.2, 0.25) is 0 Å². The fraction of sp³-hybridized carbons (Fsp3) is 0.545. The van der Waals surface area contributed by atoms with E-state index in [-0.39, 0.29) is 11.8 Å². The molecular weight excluding hydrogens is 210 g/mol. The van der Waals surface area contributed by atoms with Crippen molar-refractivity contribution in [1.29, 1.82) is 0 Å². The Morgan fingerprint density at radius 1 is 1.69 bits per heavy atom. The van der Waals surface area contributed by atoms with Crippen molar-refractivity contribution in [1.82, 2.24) is 4.90 Å². The molecule has 1 amide bonds. The Kier molecular flexibility index (Phi) is 2.33. The first-order valence-corrected chi connectivity index (χ1v) is 5.08. The van der Waals surface area contributed by atoms with Gasteiger partial charge in [-0.25, -0.2) is 4.79 Å². The number of methoxy groups -OCH3 is 1. The topological polar surface area (TPSA) is 63.7 Å². The van der Waals surface area contributed by atoms with Crippen LogP contribution in [0.15, 0.2) is 12.2 Å². The summed E-state index contributed by atoms with van der Waals surface area (Å²) < 4.78 is 4.64. The molecule has 0 aromatic heterocycles. The third kappa shape index (κ3) is 1.27. The Morgan fingerprint density at radius 3 is 2.94 bits per heavy atom. The van der Waals surface area contributed by atoms with Crippen LogP contribution in [0.5, 0.6) is 0 Å². The number of nitrogens with zero attached hydrogens (tertiary/aromatic N) is 1. The molecule has 0 radical (unpaired) electrons. The monoisotopic (exact) mass is 223 g/mol. The van der Waals surface area contributed by atoms with Crippen LogP contribution in [0.25, 0.3) is 0 Å². The van der Waals surface area contributed by atoms with Gasteiger partial charge in [0.15, 0.2) is 5.78 Å². The highest BCUT2D eigenvalue weighted by Gasteiger charge is 2.54. The van der Waals surface area contributed by atoms with Crippen molar-refractivity contribution in [2.75, 3.05) is 7.11 Å². The Hall–Kier alpha value is -1.65. The van der Waals surface area contributed by atoms with E-state index in [4.69, 9.17) is 0 Å². The molecule has 0 N–H and O–H groups in total. The minimum atomic E-state index is -0.693. The van der Waals surface area contributed by atoms with E-state index >= 15 is 0 Å². The summed E-state index contributed by atoms with van der Waals surface area (Å²) in [7, 11) is 1.27. The molecule has 5 nitrogen and oxygen atoms in total. The highest BCUT2D eigenvalue weighted by molar-refractivity contribution is 5.99. The summed E-state index contributed by atoms with van der Waals surface area (Å²) in [5.74, 6) is -0.146. The predicted octanol–water partition coefficient (Wildman–Crippen LogP) is 0.540. The molecule has 0 spiro atoms. The molecule has 5 heteroatoms. The second-order valence-electron chi connectivity index (χ2n) is 4.43. The number of carbonyl (C=O) groups excluding carboxylic acids is 3. The van der Waals surface area contributed by atoms with Gasteiger partial charge in [-0.05, 0) is 12.5 Å². The third-order valence-electron chi connectivity index (χ3n) is 3.37. The maximum atomic E-state index is 11.6. The second-order valence-corrected chi connectivity index (χ2v) is 4.43. The van der Waals surface area contributed by atoms with Crippen LogP contribution in [0.4, 0.5) is 4.79 Å². The smallest absolute Gasteiger partial charge is 0.410 e. The standard InChI is InChI=1S/C11H13NO4/c1-11(6-13)5-7-8(14)3-4-9(11)12(7)10(15)16-2/h3-4,6-7,9H,5H2,1-2H3/t7-,9-,11-/m0/s1. The predicted molar refractivity (Wildman–Crippen MR) is 54.8 cm³/mol. The minimum absolute atomic E-state index is 0.146. The quantitative estimate of drug-likeness (QED) is 0.608. The Labute approximate surface area is 93.0 Å². The fourth-order valence-electron chi connectivity index (χ4n) is 2.46. The number of amides is 1. The zero-order valence-corrected chi connectivity index (χ0v) is 9.17. The average Bonchev–Trinajstić information content (AvgIpc) is 2.52. The lowest BCUT2D eigenvalue weighted by Gasteiger charge is -2.31. The van der Waals surface area contributed by atoms with Crippen LogP contribution in [0.1, 0.15) is 13.3 Å². The lowest BCUT2D eigenvalue weighted by atomic mass is 9.84. The molecule has 86 valence electrons. The van der Waals surface area contributed by atoms with Crippen LogP contribution in [0, 0.1) is 5.41 Å². The van der Waals surface area contributed by atoms with Gasteiger partial charge in [-0.1, -0.05) is 13.0 Å². The van der Waals surface area contributed by atoms with Crippen LogP contribution >= 0.6 is 0 Å². The fourth-order valence-corrected chi connectivity index (χ4v) is 2.46. The zero-order valence-electron chi connectivity index (χ0n) is 9.17. The number of rotatable bonds is 1. The molecule has 0 aromatic carbocycles. The van der Waals surface area contributed by atoms with Crippen LogP contribution < -0.4 is 0 Å². The summed E-state index contributed by atoms with van der Waals surface area (Å²) in [6.07, 6.45) is 3.68. The van der Waals surface area contributed by atoms with Crippen molar-refractivity contribution >= 4 is 18.2 Å². The van der Waals surface area contributed by atoms with E-state index in [1.165, 1.54) is 18.1 Å². The lowest BCUT2D eigenvalue weighted by Crippen LogP contribution is -2.48. The van der Waals surface area contributed by atoms with Crippen LogP contribution in [-0.4, -0.2) is 42.3 Å². The molecule has 2 bridgehead atoms. The number of carbonyl (C=O) groups is 3. The number of hydrogen-bond acceptors (Lipinski definition) is 4. The normalized spacial score (nSPS) is 36.4. The minimum Gasteiger partial charge on any atom is -0.453 e. The van der Waals surface area contributed by atoms with E-state index in [1.807, 2.05) is 0 Å². The highest BCUT2D eigenvalue weighted by Crippen LogP contribution is 2.42. The molecule has 0 saturated carbocycles. The molecule has 0 unspecified atom stereocenters. The summed E-state index contributed by atoms with van der Waals surface area (Å²) in [5.41, 5.74) is -0.693. The van der Waals surface area contributed by atoms with Crippen molar-refractivity contribution < 1.29 is 19.1 Å². The van der Waals surface area contributed by atoms with E-state index in [1.54, 1.807) is 13.0 Å². The molecule has 16 heavy (non-hydrogen) atoms. The van der Waals surface area contributed by atoms with Gasteiger partial charge in [0.1, 0.15) is 6.29 Å². The summed E-state index contributed by atoms with van der Waals surface area (Å²) in [5, 5.41) is 0. The Balaban J connectivity index is 2.42. The van der Waals surface area contributed by atoms with Crippen molar-refractivity contribution in [3.05, 3.63) is 12.2 Å². The molecule has 2 rings (SSSR count). The van der Waals surface area contributed by atoms with E-state index < -0.39 is 17.6 Å². The van der Waals surface area contributed by atoms with Gasteiger partial charge in [-0.15, -0.1) is 0 Å². The van der Waals surface area contributed by atoms with Gasteiger partial charge in [0, 0.05) is 5.41 Å². The van der Waals surface area contributed by atoms with E-state index in [9.17, 15) is 14.4 Å². The summed E-state index contributed by atoms with van der Waals surface area (Å²) in [6, 6.07) is -0.933. The molecular formula is C11H13NO4. The average molecular weight is 223 g/mol. The molecule has 0 aromatic rings. The number of aldehydes is 1. The largest absolute Gasteiger partial charge is 0.453 e. The van der Waals surface area contributed by atoms with Crippen LogP contribution in [-0.2, 0) is 14.3 Å². The molecule has 0 aliphatic carbocycles. The maximum absolute atomic E-state index is 11.6. The number of ketones is 1. The van der Waals surface area contributed by atoms with Crippen molar-refractivity contribution in [3.63, 3.8) is 0 Å². The summed E-state index contributed by atoms with van der Waals surface area (Å²) >= 11 is 0. The van der Waals surface area contributed by atoms with Gasteiger partial charge in [0.05, 0.1) is 19.2 Å². The first-order valence-electron chi connectivity index (χ1n) is 5.08. The van der Waals surface area contributed by atoms with Gasteiger partial charge >= 0.3 is 6.09 Å². The number of hydrogen-bond donors (Lipinski definition) is 0. The first kappa shape index (κ1) is 10.9. The molecule has 3 atom stereocenters. The van der Waals surface area contributed by atoms with Crippen molar-refractivity contribution in [2.24, 2.45) is 5.41 Å². The van der Waals surface area contributed by atoms with Crippen molar-refractivity contribution in [2.45, 2.75) is 25.4 Å². The molecule has 2 heterocycles. The van der Waals surface area contributed by atoms with E-state index in [0.717, 1.165) is 6.29 Å². The van der Waals surface area contributed by atoms with Crippen LogP contribution in [0.2, 0.25) is 0 Å². The van der Waals surface area contributed by atoms with E-state index in [0.29, 0.717) is 6.42 Å². The van der Waals surface area contributed by atoms with Gasteiger partial charge < -0.3 is 9.53 Å². The zero-order chi connectivity index (χ0) is 11.9. The van der Waals surface area contributed by atoms with Gasteiger partial charge in [-0.3, -0.25) is 9.69 Å². The maximum Gasteiger partial charge on any atom is 0.410 e. The molecule has 1 saturated heterocycles. The van der Waals surface area contributed by atoms with Gasteiger partial charge in [-0.2, -0.15) is 0 Å². The first-order chi connectivity index (χ1) is 7.53. The van der Waals surface area contributed by atoms with E-state index in [2.05, 4.69) is 4.74 Å². The molecule has 2 aliphatic heterocycles. The number of fused-ring (bicyclic) bond motifs is 2. The second kappa shape index (κ2) is 3.43.